The molecule has 82 valence electrons. The Balaban J connectivity index is 2.87. The molecule has 0 aromatic rings. The van der Waals surface area contributed by atoms with E-state index in [1.54, 1.807) is 12.2 Å². The Bertz CT molecular complexity index is 302. The number of esters is 1. The van der Waals surface area contributed by atoms with Crippen molar-refractivity contribution in [3.63, 3.8) is 0 Å². The van der Waals surface area contributed by atoms with Gasteiger partial charge in [-0.25, -0.2) is 0 Å². The van der Waals surface area contributed by atoms with Crippen molar-refractivity contribution in [2.24, 2.45) is 5.41 Å². The maximum atomic E-state index is 11.6. The summed E-state index contributed by atoms with van der Waals surface area (Å²) in [7, 11) is 1.34. The van der Waals surface area contributed by atoms with E-state index in [4.69, 9.17) is 16.3 Å². The quantitative estimate of drug-likeness (QED) is 0.545. The molecule has 0 N–H and O–H groups in total. The first kappa shape index (κ1) is 12.0. The van der Waals surface area contributed by atoms with Crippen LogP contribution in [0.15, 0.2) is 24.3 Å². The largest absolute Gasteiger partial charge is 0.468 e. The van der Waals surface area contributed by atoms with Crippen molar-refractivity contribution in [2.75, 3.05) is 13.0 Å². The maximum Gasteiger partial charge on any atom is 0.319 e. The van der Waals surface area contributed by atoms with E-state index in [0.717, 1.165) is 0 Å². The molecule has 1 aliphatic carbocycles. The second-order valence-electron chi connectivity index (χ2n) is 3.39. The fourth-order valence-electron chi connectivity index (χ4n) is 1.53. The molecule has 0 spiro atoms. The average Bonchev–Trinajstić information content (AvgIpc) is 2.28. The molecule has 1 aliphatic rings. The molecule has 3 nitrogen and oxygen atoms in total. The van der Waals surface area contributed by atoms with E-state index < -0.39 is 5.41 Å². The molecular formula is C11H13ClO3. The molecule has 0 bridgehead atoms. The summed E-state index contributed by atoms with van der Waals surface area (Å²) in [6, 6.07) is 0. The van der Waals surface area contributed by atoms with Gasteiger partial charge in [-0.2, -0.15) is 0 Å². The highest BCUT2D eigenvalue weighted by Gasteiger charge is 2.35. The Morgan fingerprint density at radius 3 is 2.53 bits per heavy atom. The van der Waals surface area contributed by atoms with E-state index in [2.05, 4.69) is 0 Å². The zero-order chi connectivity index (χ0) is 11.3. The van der Waals surface area contributed by atoms with E-state index in [9.17, 15) is 9.59 Å². The zero-order valence-electron chi connectivity index (χ0n) is 8.53. The van der Waals surface area contributed by atoms with Gasteiger partial charge in [-0.1, -0.05) is 12.2 Å². The number of hydrogen-bond acceptors (Lipinski definition) is 3. The SMILES string of the molecule is COC(=O)C1(CCCCl)C=CC(=O)C=C1. The maximum absolute atomic E-state index is 11.6. The molecule has 0 aromatic carbocycles. The zero-order valence-corrected chi connectivity index (χ0v) is 9.29. The summed E-state index contributed by atoms with van der Waals surface area (Å²) in [4.78, 5) is 22.6. The van der Waals surface area contributed by atoms with Crippen molar-refractivity contribution in [3.8, 4) is 0 Å². The molecule has 0 aromatic heterocycles. The molecule has 0 heterocycles. The van der Waals surface area contributed by atoms with Crippen LogP contribution < -0.4 is 0 Å². The van der Waals surface area contributed by atoms with Crippen molar-refractivity contribution < 1.29 is 14.3 Å². The van der Waals surface area contributed by atoms with Crippen LogP contribution >= 0.6 is 11.6 Å². The predicted octanol–water partition coefficient (Wildman–Crippen LogP) is 1.86. The first-order valence-corrected chi connectivity index (χ1v) is 5.25. The third-order valence-corrected chi connectivity index (χ3v) is 2.65. The lowest BCUT2D eigenvalue weighted by Gasteiger charge is -2.25. The van der Waals surface area contributed by atoms with E-state index >= 15 is 0 Å². The molecular weight excluding hydrogens is 216 g/mol. The number of ether oxygens (including phenoxy) is 1. The average molecular weight is 229 g/mol. The van der Waals surface area contributed by atoms with E-state index in [-0.39, 0.29) is 11.8 Å². The number of ketones is 1. The summed E-state index contributed by atoms with van der Waals surface area (Å²) < 4.78 is 4.73. The van der Waals surface area contributed by atoms with Crippen LogP contribution in [-0.2, 0) is 14.3 Å². The van der Waals surface area contributed by atoms with Crippen LogP contribution in [0.1, 0.15) is 12.8 Å². The van der Waals surface area contributed by atoms with Crippen LogP contribution in [0.2, 0.25) is 0 Å². The number of methoxy groups -OCH3 is 1. The van der Waals surface area contributed by atoms with Gasteiger partial charge in [0, 0.05) is 5.88 Å². The van der Waals surface area contributed by atoms with E-state index in [0.29, 0.717) is 18.7 Å². The van der Waals surface area contributed by atoms with Crippen LogP contribution in [0.5, 0.6) is 0 Å². The van der Waals surface area contributed by atoms with Gasteiger partial charge in [-0.05, 0) is 25.0 Å². The first-order chi connectivity index (χ1) is 7.14. The molecule has 4 heteroatoms. The van der Waals surface area contributed by atoms with Crippen molar-refractivity contribution >= 4 is 23.4 Å². The highest BCUT2D eigenvalue weighted by atomic mass is 35.5. The van der Waals surface area contributed by atoms with Crippen LogP contribution in [0.3, 0.4) is 0 Å². The highest BCUT2D eigenvalue weighted by molar-refractivity contribution is 6.17. The van der Waals surface area contributed by atoms with Crippen molar-refractivity contribution in [1.29, 1.82) is 0 Å². The molecule has 0 fully saturated rings. The summed E-state index contributed by atoms with van der Waals surface area (Å²) in [5, 5.41) is 0. The Morgan fingerprint density at radius 1 is 1.47 bits per heavy atom. The summed E-state index contributed by atoms with van der Waals surface area (Å²) in [5.74, 6) is 0.0157. The standard InChI is InChI=1S/C11H13ClO3/c1-15-10(14)11(5-2-8-12)6-3-9(13)4-7-11/h3-4,6-7H,2,5,8H2,1H3. The topological polar surface area (TPSA) is 43.4 Å². The molecule has 0 unspecified atom stereocenters. The minimum absolute atomic E-state index is 0.111. The number of allylic oxidation sites excluding steroid dienone is 2. The Morgan fingerprint density at radius 2 is 2.07 bits per heavy atom. The summed E-state index contributed by atoms with van der Waals surface area (Å²) in [5.41, 5.74) is -0.808. The summed E-state index contributed by atoms with van der Waals surface area (Å²) >= 11 is 5.59. The molecule has 0 saturated carbocycles. The normalized spacial score (nSPS) is 17.9. The minimum Gasteiger partial charge on any atom is -0.468 e. The third-order valence-electron chi connectivity index (χ3n) is 2.38. The Labute approximate surface area is 93.7 Å². The lowest BCUT2D eigenvalue weighted by Crippen LogP contribution is -2.30. The van der Waals surface area contributed by atoms with Crippen LogP contribution in [0, 0.1) is 5.41 Å². The Kier molecular flexibility index (Phi) is 4.09. The van der Waals surface area contributed by atoms with Crippen molar-refractivity contribution in [2.45, 2.75) is 12.8 Å². The minimum atomic E-state index is -0.808. The summed E-state index contributed by atoms with van der Waals surface area (Å²) in [6.07, 6.45) is 7.22. The van der Waals surface area contributed by atoms with Crippen LogP contribution in [0.4, 0.5) is 0 Å². The van der Waals surface area contributed by atoms with Gasteiger partial charge in [-0.15, -0.1) is 11.6 Å². The van der Waals surface area contributed by atoms with Gasteiger partial charge in [0.2, 0.25) is 0 Å². The molecule has 0 radical (unpaired) electrons. The number of rotatable bonds is 4. The van der Waals surface area contributed by atoms with Gasteiger partial charge < -0.3 is 4.74 Å². The van der Waals surface area contributed by atoms with Crippen LogP contribution in [-0.4, -0.2) is 24.7 Å². The van der Waals surface area contributed by atoms with E-state index in [1.165, 1.54) is 19.3 Å². The van der Waals surface area contributed by atoms with Gasteiger partial charge >= 0.3 is 5.97 Å². The number of carbonyl (C=O) groups excluding carboxylic acids is 2. The number of halogens is 1. The molecule has 0 atom stereocenters. The van der Waals surface area contributed by atoms with Gasteiger partial charge in [-0.3, -0.25) is 9.59 Å². The van der Waals surface area contributed by atoms with Gasteiger partial charge in [0.15, 0.2) is 5.78 Å². The van der Waals surface area contributed by atoms with Crippen molar-refractivity contribution in [3.05, 3.63) is 24.3 Å². The van der Waals surface area contributed by atoms with Crippen molar-refractivity contribution in [1.82, 2.24) is 0 Å². The highest BCUT2D eigenvalue weighted by Crippen LogP contribution is 2.31. The van der Waals surface area contributed by atoms with E-state index in [1.807, 2.05) is 0 Å². The lowest BCUT2D eigenvalue weighted by atomic mass is 9.80. The van der Waals surface area contributed by atoms with Crippen LogP contribution in [0.25, 0.3) is 0 Å². The molecule has 15 heavy (non-hydrogen) atoms. The molecule has 0 amide bonds. The number of carbonyl (C=O) groups is 2. The molecule has 0 saturated heterocycles. The van der Waals surface area contributed by atoms with Gasteiger partial charge in [0.25, 0.3) is 0 Å². The van der Waals surface area contributed by atoms with Gasteiger partial charge in [0.1, 0.15) is 5.41 Å². The number of hydrogen-bond donors (Lipinski definition) is 0. The number of alkyl halides is 1. The monoisotopic (exact) mass is 228 g/mol. The van der Waals surface area contributed by atoms with Gasteiger partial charge in [0.05, 0.1) is 7.11 Å². The molecule has 0 aliphatic heterocycles. The lowest BCUT2D eigenvalue weighted by molar-refractivity contribution is -0.147. The summed E-state index contributed by atoms with van der Waals surface area (Å²) in [6.45, 7) is 0. The first-order valence-electron chi connectivity index (χ1n) is 4.71. The second kappa shape index (κ2) is 5.12. The Hall–Kier alpha value is -1.09. The fourth-order valence-corrected chi connectivity index (χ4v) is 1.66. The smallest absolute Gasteiger partial charge is 0.319 e. The third kappa shape index (κ3) is 2.69. The predicted molar refractivity (Wildman–Crippen MR) is 57.7 cm³/mol. The second-order valence-corrected chi connectivity index (χ2v) is 3.77. The fraction of sp³-hybridized carbons (Fsp3) is 0.455. The molecule has 1 rings (SSSR count).